The van der Waals surface area contributed by atoms with Crippen LogP contribution in [0.2, 0.25) is 0 Å². The Balaban J connectivity index is 1.52. The van der Waals surface area contributed by atoms with Gasteiger partial charge in [0.15, 0.2) is 0 Å². The van der Waals surface area contributed by atoms with Crippen molar-refractivity contribution in [3.8, 4) is 0 Å². The number of hydrogen-bond acceptors (Lipinski definition) is 3. The van der Waals surface area contributed by atoms with Gasteiger partial charge in [0.25, 0.3) is 0 Å². The Kier molecular flexibility index (Phi) is 5.93. The van der Waals surface area contributed by atoms with Crippen molar-refractivity contribution in [3.05, 3.63) is 0 Å². The average molecular weight is 254 g/mol. The number of piperidine rings is 1. The number of nitrogens with zero attached hydrogens (tertiary/aromatic N) is 1. The molecule has 3 heteroatoms. The predicted octanol–water partition coefficient (Wildman–Crippen LogP) is 1.86. The first kappa shape index (κ1) is 14.3. The van der Waals surface area contributed by atoms with Crippen molar-refractivity contribution < 1.29 is 5.11 Å². The van der Waals surface area contributed by atoms with Crippen molar-refractivity contribution in [3.63, 3.8) is 0 Å². The number of likely N-dealkylation sites (tertiary alicyclic amines) is 1. The molecule has 1 unspecified atom stereocenters. The Morgan fingerprint density at radius 2 is 1.83 bits per heavy atom. The zero-order valence-electron chi connectivity index (χ0n) is 11.9. The zero-order chi connectivity index (χ0) is 12.8. The molecule has 0 radical (unpaired) electrons. The van der Waals surface area contributed by atoms with Crippen LogP contribution < -0.4 is 5.32 Å². The first-order valence-electron chi connectivity index (χ1n) is 7.85. The molecule has 2 rings (SSSR count). The summed E-state index contributed by atoms with van der Waals surface area (Å²) in [5, 5.41) is 13.5. The average Bonchev–Trinajstić information content (AvgIpc) is 2.85. The highest BCUT2D eigenvalue weighted by Crippen LogP contribution is 2.23. The molecule has 2 aliphatic rings. The van der Waals surface area contributed by atoms with Crippen LogP contribution in [-0.2, 0) is 0 Å². The predicted molar refractivity (Wildman–Crippen MR) is 75.7 cm³/mol. The summed E-state index contributed by atoms with van der Waals surface area (Å²) in [7, 11) is 0. The molecule has 0 amide bonds. The molecule has 2 fully saturated rings. The van der Waals surface area contributed by atoms with Crippen molar-refractivity contribution in [1.29, 1.82) is 0 Å². The van der Waals surface area contributed by atoms with Crippen LogP contribution in [0, 0.1) is 11.8 Å². The minimum Gasteiger partial charge on any atom is -0.390 e. The van der Waals surface area contributed by atoms with Gasteiger partial charge in [0, 0.05) is 13.1 Å². The number of β-amino-alcohol motifs (C(OH)–C–C–N with tert-alkyl or cyclic N) is 1. The van der Waals surface area contributed by atoms with Crippen LogP contribution in [-0.4, -0.2) is 48.8 Å². The highest BCUT2D eigenvalue weighted by Gasteiger charge is 2.19. The molecule has 1 saturated carbocycles. The maximum Gasteiger partial charge on any atom is 0.0791 e. The van der Waals surface area contributed by atoms with Crippen LogP contribution in [0.15, 0.2) is 0 Å². The van der Waals surface area contributed by atoms with Crippen LogP contribution >= 0.6 is 0 Å². The van der Waals surface area contributed by atoms with E-state index in [0.717, 1.165) is 31.5 Å². The number of rotatable bonds is 6. The molecule has 1 heterocycles. The minimum absolute atomic E-state index is 0.195. The summed E-state index contributed by atoms with van der Waals surface area (Å²) in [5.41, 5.74) is 0. The third kappa shape index (κ3) is 4.87. The van der Waals surface area contributed by atoms with Gasteiger partial charge in [-0.25, -0.2) is 0 Å². The lowest BCUT2D eigenvalue weighted by atomic mass is 9.99. The summed E-state index contributed by atoms with van der Waals surface area (Å²) in [6.45, 7) is 7.39. The van der Waals surface area contributed by atoms with E-state index in [2.05, 4.69) is 17.1 Å². The largest absolute Gasteiger partial charge is 0.390 e. The van der Waals surface area contributed by atoms with Crippen molar-refractivity contribution >= 4 is 0 Å². The SMILES string of the molecule is CC1CCN(CC(O)CNCC2CCCC2)CC1. The zero-order valence-corrected chi connectivity index (χ0v) is 11.9. The molecule has 0 aromatic carbocycles. The summed E-state index contributed by atoms with van der Waals surface area (Å²) in [6.07, 6.45) is 7.96. The molecular formula is C15H30N2O. The van der Waals surface area contributed by atoms with Crippen LogP contribution in [0.5, 0.6) is 0 Å². The van der Waals surface area contributed by atoms with E-state index in [4.69, 9.17) is 0 Å². The van der Waals surface area contributed by atoms with Crippen molar-refractivity contribution in [2.24, 2.45) is 11.8 Å². The number of aliphatic hydroxyl groups is 1. The number of hydrogen-bond donors (Lipinski definition) is 2. The third-order valence-corrected chi connectivity index (χ3v) is 4.63. The lowest BCUT2D eigenvalue weighted by Crippen LogP contribution is -2.42. The summed E-state index contributed by atoms with van der Waals surface area (Å²) < 4.78 is 0. The van der Waals surface area contributed by atoms with E-state index in [1.165, 1.54) is 51.6 Å². The van der Waals surface area contributed by atoms with Crippen molar-refractivity contribution in [2.45, 2.75) is 51.6 Å². The van der Waals surface area contributed by atoms with Crippen LogP contribution in [0.4, 0.5) is 0 Å². The van der Waals surface area contributed by atoms with Crippen molar-refractivity contribution in [2.75, 3.05) is 32.7 Å². The Bertz CT molecular complexity index is 221. The topological polar surface area (TPSA) is 35.5 Å². The second-order valence-electron chi connectivity index (χ2n) is 6.45. The molecule has 1 aliphatic carbocycles. The molecule has 0 spiro atoms. The second kappa shape index (κ2) is 7.46. The van der Waals surface area contributed by atoms with E-state index in [0.29, 0.717) is 0 Å². The van der Waals surface area contributed by atoms with E-state index in [1.807, 2.05) is 0 Å². The van der Waals surface area contributed by atoms with Crippen molar-refractivity contribution in [1.82, 2.24) is 10.2 Å². The molecule has 3 nitrogen and oxygen atoms in total. The molecule has 1 saturated heterocycles. The molecule has 0 aromatic heterocycles. The van der Waals surface area contributed by atoms with Gasteiger partial charge >= 0.3 is 0 Å². The van der Waals surface area contributed by atoms with Gasteiger partial charge in [0.2, 0.25) is 0 Å². The van der Waals surface area contributed by atoms with E-state index >= 15 is 0 Å². The standard InChI is InChI=1S/C15H30N2O/c1-13-6-8-17(9-7-13)12-15(18)11-16-10-14-4-2-3-5-14/h13-16,18H,2-12H2,1H3. The first-order valence-corrected chi connectivity index (χ1v) is 7.85. The fourth-order valence-corrected chi connectivity index (χ4v) is 3.28. The van der Waals surface area contributed by atoms with Gasteiger partial charge in [-0.1, -0.05) is 19.8 Å². The molecular weight excluding hydrogens is 224 g/mol. The Morgan fingerprint density at radius 1 is 1.17 bits per heavy atom. The normalized spacial score (nSPS) is 25.7. The molecule has 106 valence electrons. The monoisotopic (exact) mass is 254 g/mol. The van der Waals surface area contributed by atoms with Gasteiger partial charge in [-0.3, -0.25) is 0 Å². The lowest BCUT2D eigenvalue weighted by molar-refractivity contribution is 0.0902. The second-order valence-corrected chi connectivity index (χ2v) is 6.45. The minimum atomic E-state index is -0.195. The molecule has 0 bridgehead atoms. The summed E-state index contributed by atoms with van der Waals surface area (Å²) in [6, 6.07) is 0. The van der Waals surface area contributed by atoms with E-state index < -0.39 is 0 Å². The molecule has 1 aliphatic heterocycles. The smallest absolute Gasteiger partial charge is 0.0791 e. The fraction of sp³-hybridized carbons (Fsp3) is 1.00. The molecule has 18 heavy (non-hydrogen) atoms. The molecule has 0 aromatic rings. The number of nitrogens with one attached hydrogen (secondary N) is 1. The van der Waals surface area contributed by atoms with Gasteiger partial charge in [-0.05, 0) is 57.2 Å². The van der Waals surface area contributed by atoms with Gasteiger partial charge in [0.1, 0.15) is 0 Å². The maximum absolute atomic E-state index is 10.0. The van der Waals surface area contributed by atoms with E-state index in [1.54, 1.807) is 0 Å². The molecule has 1 atom stereocenters. The Hall–Kier alpha value is -0.120. The lowest BCUT2D eigenvalue weighted by Gasteiger charge is -2.31. The Morgan fingerprint density at radius 3 is 2.50 bits per heavy atom. The van der Waals surface area contributed by atoms with Gasteiger partial charge < -0.3 is 15.3 Å². The fourth-order valence-electron chi connectivity index (χ4n) is 3.28. The van der Waals surface area contributed by atoms with Gasteiger partial charge in [-0.2, -0.15) is 0 Å². The summed E-state index contributed by atoms with van der Waals surface area (Å²) in [4.78, 5) is 2.42. The molecule has 2 N–H and O–H groups in total. The Labute approximate surface area is 112 Å². The number of aliphatic hydroxyl groups excluding tert-OH is 1. The third-order valence-electron chi connectivity index (χ3n) is 4.63. The summed E-state index contributed by atoms with van der Waals surface area (Å²) in [5.74, 6) is 1.74. The van der Waals surface area contributed by atoms with Gasteiger partial charge in [-0.15, -0.1) is 0 Å². The van der Waals surface area contributed by atoms with Crippen LogP contribution in [0.1, 0.15) is 45.4 Å². The van der Waals surface area contributed by atoms with E-state index in [9.17, 15) is 5.11 Å². The first-order chi connectivity index (χ1) is 8.74. The highest BCUT2D eigenvalue weighted by atomic mass is 16.3. The summed E-state index contributed by atoms with van der Waals surface area (Å²) >= 11 is 0. The highest BCUT2D eigenvalue weighted by molar-refractivity contribution is 4.74. The maximum atomic E-state index is 10.0. The van der Waals surface area contributed by atoms with E-state index in [-0.39, 0.29) is 6.10 Å². The quantitative estimate of drug-likeness (QED) is 0.759. The van der Waals surface area contributed by atoms with Gasteiger partial charge in [0.05, 0.1) is 6.10 Å². The van der Waals surface area contributed by atoms with Crippen LogP contribution in [0.25, 0.3) is 0 Å². The van der Waals surface area contributed by atoms with Crippen LogP contribution in [0.3, 0.4) is 0 Å².